The Bertz CT molecular complexity index is 1580. The van der Waals surface area contributed by atoms with Gasteiger partial charge in [-0.05, 0) is 106 Å². The number of likely N-dealkylation sites (tertiary alicyclic amines) is 1. The van der Waals surface area contributed by atoms with Crippen molar-refractivity contribution < 1.29 is 34.2 Å². The second kappa shape index (κ2) is 11.9. The molecule has 1 heterocycles. The topological polar surface area (TPSA) is 158 Å². The van der Waals surface area contributed by atoms with Crippen molar-refractivity contribution in [3.05, 3.63) is 53.1 Å². The highest BCUT2D eigenvalue weighted by molar-refractivity contribution is 6.32. The molecular formula is C35H41N3O7. The number of benzene rings is 2. The number of nitrogens with zero attached hydrogens (tertiary/aromatic N) is 2. The number of aromatic hydroxyl groups is 1. The fourth-order valence-electron chi connectivity index (χ4n) is 8.46. The zero-order valence-electron chi connectivity index (χ0n) is 25.8. The van der Waals surface area contributed by atoms with Gasteiger partial charge >= 0.3 is 0 Å². The van der Waals surface area contributed by atoms with Crippen molar-refractivity contribution >= 4 is 29.0 Å². The van der Waals surface area contributed by atoms with Gasteiger partial charge in [-0.15, -0.1) is 0 Å². The Morgan fingerprint density at radius 1 is 1.04 bits per heavy atom. The quantitative estimate of drug-likeness (QED) is 0.396. The number of ketones is 4. The standard InChI is InChI=1S/C35H41N3O7/c1-37(2)29-24-18-21-17-23-22(20-10-6-8-19(16-20)9-7-15-38-13-4-3-5-14-38)11-12-25(39)27(23)30(40)26(21)32(42)35(24,45)33(43)28(31(29)41)34(36)44/h6,8,10-12,16,21,24,26,28-29,39,45H,3-5,7,9,13-15,17-18H2,1-2H3,(H2,36,44)/t21-,24-,26?,28?,29+,35-/m0/s1. The van der Waals surface area contributed by atoms with E-state index in [0.29, 0.717) is 5.56 Å². The lowest BCUT2D eigenvalue weighted by Gasteiger charge is -2.52. The summed E-state index contributed by atoms with van der Waals surface area (Å²) < 4.78 is 0. The van der Waals surface area contributed by atoms with E-state index < -0.39 is 64.4 Å². The zero-order valence-corrected chi connectivity index (χ0v) is 25.8. The number of nitrogens with two attached hydrogens (primary N) is 1. The number of hydrogen-bond donors (Lipinski definition) is 3. The van der Waals surface area contributed by atoms with E-state index in [1.807, 2.05) is 12.1 Å². The van der Waals surface area contributed by atoms with E-state index >= 15 is 0 Å². The summed E-state index contributed by atoms with van der Waals surface area (Å²) in [5.74, 6) is -10.4. The number of Topliss-reactive ketones (excluding diaryl/α,β-unsaturated/α-hetero) is 4. The number of piperidine rings is 1. The molecule has 10 heteroatoms. The van der Waals surface area contributed by atoms with Gasteiger partial charge in [0, 0.05) is 5.92 Å². The van der Waals surface area contributed by atoms with Crippen LogP contribution in [0.4, 0.5) is 0 Å². The molecule has 3 fully saturated rings. The van der Waals surface area contributed by atoms with Crippen LogP contribution in [0.3, 0.4) is 0 Å². The van der Waals surface area contributed by atoms with Gasteiger partial charge in [-0.2, -0.15) is 0 Å². The lowest BCUT2D eigenvalue weighted by molar-refractivity contribution is -0.181. The molecule has 2 aromatic rings. The summed E-state index contributed by atoms with van der Waals surface area (Å²) in [7, 11) is 3.15. The molecule has 2 saturated carbocycles. The van der Waals surface area contributed by atoms with E-state index in [1.54, 1.807) is 20.2 Å². The van der Waals surface area contributed by atoms with Crippen LogP contribution >= 0.6 is 0 Å². The van der Waals surface area contributed by atoms with Crippen LogP contribution in [0.2, 0.25) is 0 Å². The molecule has 6 rings (SSSR count). The average Bonchev–Trinajstić information content (AvgIpc) is 2.99. The Morgan fingerprint density at radius 3 is 2.47 bits per heavy atom. The summed E-state index contributed by atoms with van der Waals surface area (Å²) in [5, 5.41) is 22.7. The minimum atomic E-state index is -2.73. The number of amides is 1. The number of aliphatic hydroxyl groups is 1. The highest BCUT2D eigenvalue weighted by Crippen LogP contribution is 2.51. The van der Waals surface area contributed by atoms with Gasteiger partial charge in [0.15, 0.2) is 34.7 Å². The maximum Gasteiger partial charge on any atom is 0.235 e. The third-order valence-corrected chi connectivity index (χ3v) is 10.6. The summed E-state index contributed by atoms with van der Waals surface area (Å²) in [6, 6.07) is 10.2. The number of carbonyl (C=O) groups is 5. The number of likely N-dealkylation sites (N-methyl/N-ethyl adjacent to an activating group) is 1. The van der Waals surface area contributed by atoms with Crippen molar-refractivity contribution in [2.45, 2.75) is 56.6 Å². The molecule has 10 nitrogen and oxygen atoms in total. The van der Waals surface area contributed by atoms with Crippen molar-refractivity contribution in [1.29, 1.82) is 0 Å². The van der Waals surface area contributed by atoms with Crippen molar-refractivity contribution in [1.82, 2.24) is 9.80 Å². The van der Waals surface area contributed by atoms with Crippen LogP contribution in [0.25, 0.3) is 11.1 Å². The maximum absolute atomic E-state index is 14.1. The lowest BCUT2D eigenvalue weighted by atomic mass is 9.52. The van der Waals surface area contributed by atoms with Gasteiger partial charge in [0.25, 0.3) is 0 Å². The maximum atomic E-state index is 14.1. The summed E-state index contributed by atoms with van der Waals surface area (Å²) in [6.07, 6.45) is 6.01. The Hall–Kier alpha value is -3.73. The van der Waals surface area contributed by atoms with Gasteiger partial charge in [-0.1, -0.05) is 36.8 Å². The molecule has 4 aliphatic rings. The van der Waals surface area contributed by atoms with Crippen molar-refractivity contribution in [3.8, 4) is 16.9 Å². The van der Waals surface area contributed by atoms with Crippen LogP contribution in [0.5, 0.6) is 5.75 Å². The highest BCUT2D eigenvalue weighted by Gasteiger charge is 2.69. The fourth-order valence-corrected chi connectivity index (χ4v) is 8.46. The van der Waals surface area contributed by atoms with Crippen molar-refractivity contribution in [2.24, 2.45) is 29.4 Å². The molecule has 0 radical (unpaired) electrons. The SMILES string of the molecule is CN(C)[C@H]1C(=O)C(C(N)=O)C(=O)[C@@]2(O)C(=O)C3C(=O)c4c(O)ccc(-c5cccc(CCCN6CCCCC6)c5)c4C[C@H]3C[C@@H]12. The van der Waals surface area contributed by atoms with Gasteiger partial charge in [0.05, 0.1) is 17.5 Å². The molecule has 45 heavy (non-hydrogen) atoms. The van der Waals surface area contributed by atoms with Crippen LogP contribution in [-0.4, -0.2) is 94.4 Å². The van der Waals surface area contributed by atoms with E-state index in [-0.39, 0.29) is 24.2 Å². The minimum absolute atomic E-state index is 0.00889. The number of fused-ring (bicyclic) bond motifs is 3. The smallest absolute Gasteiger partial charge is 0.235 e. The van der Waals surface area contributed by atoms with E-state index in [4.69, 9.17) is 5.73 Å². The van der Waals surface area contributed by atoms with E-state index in [0.717, 1.165) is 43.6 Å². The fraction of sp³-hybridized carbons (Fsp3) is 0.514. The number of aryl methyl sites for hydroxylation is 1. The van der Waals surface area contributed by atoms with Crippen LogP contribution in [0, 0.1) is 23.7 Å². The first-order valence-corrected chi connectivity index (χ1v) is 16.0. The average molecular weight is 616 g/mol. The predicted octanol–water partition coefficient (Wildman–Crippen LogP) is 1.95. The molecule has 238 valence electrons. The van der Waals surface area contributed by atoms with Crippen LogP contribution in [-0.2, 0) is 32.0 Å². The number of carbonyl (C=O) groups excluding carboxylic acids is 5. The monoisotopic (exact) mass is 615 g/mol. The Balaban J connectivity index is 1.34. The number of phenolic OH excluding ortho intramolecular Hbond substituents is 1. The summed E-state index contributed by atoms with van der Waals surface area (Å²) in [4.78, 5) is 71.1. The van der Waals surface area contributed by atoms with Crippen molar-refractivity contribution in [3.63, 3.8) is 0 Å². The molecular weight excluding hydrogens is 574 g/mol. The highest BCUT2D eigenvalue weighted by atomic mass is 16.3. The second-order valence-electron chi connectivity index (χ2n) is 13.5. The molecule has 2 unspecified atom stereocenters. The molecule has 3 aliphatic carbocycles. The number of primary amides is 1. The summed E-state index contributed by atoms with van der Waals surface area (Å²) in [5.41, 5.74) is 6.12. The normalized spacial score (nSPS) is 30.2. The van der Waals surface area contributed by atoms with Crippen LogP contribution in [0.15, 0.2) is 36.4 Å². The summed E-state index contributed by atoms with van der Waals surface area (Å²) >= 11 is 0. The zero-order chi connectivity index (χ0) is 32.2. The molecule has 1 amide bonds. The van der Waals surface area contributed by atoms with E-state index in [9.17, 15) is 34.2 Å². The first kappa shape index (κ1) is 31.3. The Kier molecular flexibility index (Phi) is 8.26. The molecule has 0 aromatic heterocycles. The first-order valence-electron chi connectivity index (χ1n) is 16.0. The molecule has 1 aliphatic heterocycles. The molecule has 4 N–H and O–H groups in total. The predicted molar refractivity (Wildman–Crippen MR) is 165 cm³/mol. The molecule has 0 bridgehead atoms. The van der Waals surface area contributed by atoms with Gasteiger partial charge in [0.1, 0.15) is 5.75 Å². The van der Waals surface area contributed by atoms with Gasteiger partial charge in [-0.3, -0.25) is 28.9 Å². The second-order valence-corrected chi connectivity index (χ2v) is 13.5. The van der Waals surface area contributed by atoms with Crippen molar-refractivity contribution in [2.75, 3.05) is 33.7 Å². The molecule has 2 aromatic carbocycles. The molecule has 1 saturated heterocycles. The minimum Gasteiger partial charge on any atom is -0.507 e. The van der Waals surface area contributed by atoms with E-state index in [2.05, 4.69) is 17.0 Å². The summed E-state index contributed by atoms with van der Waals surface area (Å²) in [6.45, 7) is 3.36. The van der Waals surface area contributed by atoms with E-state index in [1.165, 1.54) is 35.8 Å². The third kappa shape index (κ3) is 5.13. The molecule has 0 spiro atoms. The van der Waals surface area contributed by atoms with Crippen LogP contribution < -0.4 is 5.73 Å². The molecule has 6 atom stereocenters. The van der Waals surface area contributed by atoms with Gasteiger partial charge < -0.3 is 20.8 Å². The van der Waals surface area contributed by atoms with Crippen LogP contribution in [0.1, 0.15) is 53.6 Å². The largest absolute Gasteiger partial charge is 0.507 e. The first-order chi connectivity index (χ1) is 21.4. The Labute approximate surface area is 262 Å². The Morgan fingerprint density at radius 2 is 1.78 bits per heavy atom. The number of phenols is 1. The lowest BCUT2D eigenvalue weighted by Crippen LogP contribution is -2.74. The van der Waals surface area contributed by atoms with Gasteiger partial charge in [0.2, 0.25) is 5.91 Å². The van der Waals surface area contributed by atoms with Gasteiger partial charge in [-0.25, -0.2) is 0 Å². The number of hydrogen-bond acceptors (Lipinski definition) is 9. The third-order valence-electron chi connectivity index (χ3n) is 10.6. The number of rotatable bonds is 7.